The van der Waals surface area contributed by atoms with Gasteiger partial charge in [0, 0.05) is 25.9 Å². The molecule has 2 atom stereocenters. The summed E-state index contributed by atoms with van der Waals surface area (Å²) in [4.78, 5) is 20.5. The number of carbonyl (C=O) groups is 1. The summed E-state index contributed by atoms with van der Waals surface area (Å²) in [6, 6.07) is 0. The molecule has 6 heteroatoms. The average Bonchev–Trinajstić information content (AvgIpc) is 3.10. The third-order valence-corrected chi connectivity index (χ3v) is 4.65. The molecule has 2 unspecified atom stereocenters. The molecule has 1 aliphatic heterocycles. The first-order valence-electron chi connectivity index (χ1n) is 8.08. The lowest BCUT2D eigenvalue weighted by molar-refractivity contribution is -0.110. The molecule has 3 rings (SSSR count). The molecular formula is C17H26N4O2. The Bertz CT molecular complexity index is 605. The summed E-state index contributed by atoms with van der Waals surface area (Å²) in [5, 5.41) is 7.00. The highest BCUT2D eigenvalue weighted by molar-refractivity contribution is 5.86. The molecule has 0 aromatic carbocycles. The third kappa shape index (κ3) is 3.59. The molecule has 23 heavy (non-hydrogen) atoms. The summed E-state index contributed by atoms with van der Waals surface area (Å²) in [5.41, 5.74) is 7.36. The van der Waals surface area contributed by atoms with E-state index in [-0.39, 0.29) is 5.41 Å². The highest BCUT2D eigenvalue weighted by Gasteiger charge is 2.56. The van der Waals surface area contributed by atoms with Crippen molar-refractivity contribution in [1.82, 2.24) is 9.55 Å². The molecule has 0 radical (unpaired) electrons. The van der Waals surface area contributed by atoms with Crippen molar-refractivity contribution in [1.29, 1.82) is 0 Å². The number of hydrogen-bond donors (Lipinski definition) is 2. The second-order valence-electron chi connectivity index (χ2n) is 6.18. The molecule has 0 spiro atoms. The van der Waals surface area contributed by atoms with Gasteiger partial charge in [0.25, 0.3) is 0 Å². The number of rotatable bonds is 5. The smallest absolute Gasteiger partial charge is 0.132 e. The lowest BCUT2D eigenvalue weighted by Crippen LogP contribution is -2.15. The van der Waals surface area contributed by atoms with E-state index in [2.05, 4.69) is 16.9 Å². The third-order valence-electron chi connectivity index (χ3n) is 4.65. The lowest BCUT2D eigenvalue weighted by Gasteiger charge is -2.11. The van der Waals surface area contributed by atoms with E-state index in [9.17, 15) is 4.79 Å². The first-order valence-corrected chi connectivity index (χ1v) is 8.08. The second kappa shape index (κ2) is 7.66. The fourth-order valence-electron chi connectivity index (χ4n) is 3.11. The van der Waals surface area contributed by atoms with Gasteiger partial charge in [-0.05, 0) is 45.1 Å². The quantitative estimate of drug-likeness (QED) is 0.807. The standard InChI is InChI=1S/C16H22N4O.CH4O/c1-12-4-5-15(18-8-12)20-9-14(19-11-20)16(10-21)7-13(16)3-2-6-17;1-2/h8-11,13H,2-7,17H2,1H3;2H,1H3. The SMILES string of the molecule is CC1=CN=C(n2cnc(C3(C=O)CC3CCCN)c2)CC1.CO. The summed E-state index contributed by atoms with van der Waals surface area (Å²) in [6.45, 7) is 2.77. The van der Waals surface area contributed by atoms with Gasteiger partial charge in [0.15, 0.2) is 0 Å². The van der Waals surface area contributed by atoms with Crippen LogP contribution < -0.4 is 5.73 Å². The van der Waals surface area contributed by atoms with Gasteiger partial charge in [-0.1, -0.05) is 5.57 Å². The van der Waals surface area contributed by atoms with Gasteiger partial charge < -0.3 is 15.6 Å². The molecule has 1 aromatic heterocycles. The number of nitrogens with two attached hydrogens (primary N) is 1. The number of aliphatic imine (C=N–C) groups is 1. The van der Waals surface area contributed by atoms with E-state index in [1.165, 1.54) is 5.57 Å². The zero-order valence-electron chi connectivity index (χ0n) is 13.9. The van der Waals surface area contributed by atoms with E-state index >= 15 is 0 Å². The largest absolute Gasteiger partial charge is 0.400 e. The van der Waals surface area contributed by atoms with Crippen molar-refractivity contribution in [3.05, 3.63) is 30.0 Å². The zero-order chi connectivity index (χ0) is 16.9. The van der Waals surface area contributed by atoms with Gasteiger partial charge in [-0.3, -0.25) is 4.57 Å². The van der Waals surface area contributed by atoms with E-state index in [0.717, 1.165) is 57.0 Å². The first kappa shape index (κ1) is 17.6. The molecule has 6 nitrogen and oxygen atoms in total. The number of imidazole rings is 1. The lowest BCUT2D eigenvalue weighted by atomic mass is 9.99. The summed E-state index contributed by atoms with van der Waals surface area (Å²) in [6.07, 6.45) is 11.6. The van der Waals surface area contributed by atoms with Gasteiger partial charge in [-0.15, -0.1) is 0 Å². The van der Waals surface area contributed by atoms with Crippen LogP contribution in [0.5, 0.6) is 0 Å². The number of aldehydes is 1. The van der Waals surface area contributed by atoms with Crippen LogP contribution in [0.25, 0.3) is 0 Å². The summed E-state index contributed by atoms with van der Waals surface area (Å²) in [7, 11) is 1.00. The van der Waals surface area contributed by atoms with Crippen molar-refractivity contribution in [3.8, 4) is 0 Å². The number of hydrogen-bond acceptors (Lipinski definition) is 5. The van der Waals surface area contributed by atoms with Crippen molar-refractivity contribution < 1.29 is 9.90 Å². The topological polar surface area (TPSA) is 93.5 Å². The van der Waals surface area contributed by atoms with Gasteiger partial charge in [0.2, 0.25) is 0 Å². The second-order valence-corrected chi connectivity index (χ2v) is 6.18. The molecule has 1 aromatic rings. The number of aromatic nitrogens is 2. The van der Waals surface area contributed by atoms with Crippen LogP contribution in [0, 0.1) is 5.92 Å². The predicted molar refractivity (Wildman–Crippen MR) is 90.3 cm³/mol. The van der Waals surface area contributed by atoms with E-state index in [1.54, 1.807) is 6.33 Å². The van der Waals surface area contributed by atoms with Gasteiger partial charge in [-0.25, -0.2) is 9.98 Å². The Hall–Kier alpha value is -1.79. The van der Waals surface area contributed by atoms with E-state index in [4.69, 9.17) is 10.8 Å². The van der Waals surface area contributed by atoms with Crippen LogP contribution in [0.4, 0.5) is 0 Å². The minimum absolute atomic E-state index is 0.374. The highest BCUT2D eigenvalue weighted by Crippen LogP contribution is 2.54. The minimum Gasteiger partial charge on any atom is -0.400 e. The van der Waals surface area contributed by atoms with Gasteiger partial charge in [0.05, 0.1) is 11.1 Å². The van der Waals surface area contributed by atoms with Crippen LogP contribution in [-0.4, -0.2) is 40.4 Å². The first-order chi connectivity index (χ1) is 11.2. The number of allylic oxidation sites excluding steroid dienone is 1. The fraction of sp³-hybridized carbons (Fsp3) is 0.588. The van der Waals surface area contributed by atoms with E-state index in [0.29, 0.717) is 12.5 Å². The van der Waals surface area contributed by atoms with E-state index in [1.807, 2.05) is 17.0 Å². The normalized spacial score (nSPS) is 25.8. The highest BCUT2D eigenvalue weighted by atomic mass is 16.2. The zero-order valence-corrected chi connectivity index (χ0v) is 13.9. The minimum atomic E-state index is -0.374. The molecule has 1 fully saturated rings. The number of nitrogens with zero attached hydrogens (tertiary/aromatic N) is 3. The van der Waals surface area contributed by atoms with Gasteiger partial charge >= 0.3 is 0 Å². The Morgan fingerprint density at radius 2 is 2.26 bits per heavy atom. The maximum Gasteiger partial charge on any atom is 0.132 e. The van der Waals surface area contributed by atoms with Crippen LogP contribution in [0.1, 0.15) is 44.7 Å². The Balaban J connectivity index is 0.000000924. The number of aliphatic hydroxyl groups is 1. The van der Waals surface area contributed by atoms with Crippen LogP contribution in [-0.2, 0) is 10.2 Å². The van der Waals surface area contributed by atoms with Crippen molar-refractivity contribution in [2.24, 2.45) is 16.6 Å². The number of aliphatic hydroxyl groups excluding tert-OH is 1. The van der Waals surface area contributed by atoms with Crippen LogP contribution in [0.3, 0.4) is 0 Å². The molecule has 1 aliphatic carbocycles. The van der Waals surface area contributed by atoms with Crippen molar-refractivity contribution in [2.45, 2.75) is 44.4 Å². The Morgan fingerprint density at radius 1 is 1.48 bits per heavy atom. The summed E-state index contributed by atoms with van der Waals surface area (Å²) < 4.78 is 1.96. The Labute approximate surface area is 137 Å². The molecule has 3 N–H and O–H groups in total. The van der Waals surface area contributed by atoms with Crippen LogP contribution >= 0.6 is 0 Å². The predicted octanol–water partition coefficient (Wildman–Crippen LogP) is 1.63. The molecular weight excluding hydrogens is 292 g/mol. The van der Waals surface area contributed by atoms with Gasteiger partial charge in [-0.2, -0.15) is 0 Å². The maximum absolute atomic E-state index is 11.6. The monoisotopic (exact) mass is 318 g/mol. The van der Waals surface area contributed by atoms with Crippen LogP contribution in [0.2, 0.25) is 0 Å². The number of carbonyl (C=O) groups excluding carboxylic acids is 1. The van der Waals surface area contributed by atoms with Gasteiger partial charge in [0.1, 0.15) is 18.4 Å². The fourth-order valence-corrected chi connectivity index (χ4v) is 3.11. The molecule has 2 heterocycles. The average molecular weight is 318 g/mol. The van der Waals surface area contributed by atoms with E-state index < -0.39 is 0 Å². The summed E-state index contributed by atoms with van der Waals surface area (Å²) >= 11 is 0. The molecule has 0 saturated heterocycles. The molecule has 2 aliphatic rings. The maximum atomic E-state index is 11.6. The summed E-state index contributed by atoms with van der Waals surface area (Å²) in [5.74, 6) is 1.40. The Morgan fingerprint density at radius 3 is 2.87 bits per heavy atom. The van der Waals surface area contributed by atoms with Crippen molar-refractivity contribution >= 4 is 12.1 Å². The van der Waals surface area contributed by atoms with Crippen molar-refractivity contribution in [3.63, 3.8) is 0 Å². The molecule has 0 amide bonds. The Kier molecular flexibility index (Phi) is 5.85. The molecule has 0 bridgehead atoms. The molecule has 1 saturated carbocycles. The van der Waals surface area contributed by atoms with Crippen LogP contribution in [0.15, 0.2) is 29.3 Å². The molecule has 126 valence electrons. The van der Waals surface area contributed by atoms with Crippen molar-refractivity contribution in [2.75, 3.05) is 13.7 Å².